The Balaban J connectivity index is 1.52. The first-order valence-electron chi connectivity index (χ1n) is 8.21. The fourth-order valence-corrected chi connectivity index (χ4v) is 3.91. The minimum Gasteiger partial charge on any atom is -0.403 e. The molecule has 0 atom stereocenters. The lowest BCUT2D eigenvalue weighted by Gasteiger charge is -2.04. The number of rotatable bonds is 7. The molecule has 7 nitrogen and oxygen atoms in total. The number of benzene rings is 2. The highest BCUT2D eigenvalue weighted by atomic mass is 35.5. The van der Waals surface area contributed by atoms with Gasteiger partial charge in [0.05, 0.1) is 10.6 Å². The number of anilines is 1. The van der Waals surface area contributed by atoms with E-state index < -0.39 is 15.7 Å². The Bertz CT molecular complexity index is 1060. The van der Waals surface area contributed by atoms with E-state index in [9.17, 15) is 13.2 Å². The van der Waals surface area contributed by atoms with E-state index in [0.717, 1.165) is 0 Å². The molecular formula is C18H15Cl2N3O4S. The van der Waals surface area contributed by atoms with Gasteiger partial charge in [-0.2, -0.15) is 0 Å². The summed E-state index contributed by atoms with van der Waals surface area (Å²) in [5.74, 6) is -0.350. The van der Waals surface area contributed by atoms with E-state index in [1.165, 1.54) is 24.3 Å². The summed E-state index contributed by atoms with van der Waals surface area (Å²) >= 11 is 11.6. The van der Waals surface area contributed by atoms with Gasteiger partial charge in [0, 0.05) is 22.0 Å². The summed E-state index contributed by atoms with van der Waals surface area (Å²) < 4.78 is 29.9. The van der Waals surface area contributed by atoms with Gasteiger partial charge in [-0.15, -0.1) is 5.10 Å². The van der Waals surface area contributed by atoms with Crippen LogP contribution in [0.3, 0.4) is 0 Å². The molecule has 1 N–H and O–H groups in total. The van der Waals surface area contributed by atoms with Crippen molar-refractivity contribution in [2.24, 2.45) is 0 Å². The number of hydrogen-bond donors (Lipinski definition) is 1. The van der Waals surface area contributed by atoms with Crippen LogP contribution in [0.2, 0.25) is 10.0 Å². The van der Waals surface area contributed by atoms with Crippen molar-refractivity contribution >= 4 is 45.0 Å². The number of nitrogens with zero attached hydrogens (tertiary/aromatic N) is 2. The van der Waals surface area contributed by atoms with Crippen molar-refractivity contribution in [2.45, 2.75) is 17.7 Å². The van der Waals surface area contributed by atoms with Crippen LogP contribution < -0.4 is 5.32 Å². The molecule has 0 radical (unpaired) electrons. The third-order valence-corrected chi connectivity index (χ3v) is 6.07. The van der Waals surface area contributed by atoms with Crippen molar-refractivity contribution in [3.8, 4) is 11.5 Å². The van der Waals surface area contributed by atoms with Gasteiger partial charge < -0.3 is 4.42 Å². The Hall–Kier alpha value is -2.42. The van der Waals surface area contributed by atoms with Gasteiger partial charge >= 0.3 is 6.01 Å². The fourth-order valence-electron chi connectivity index (χ4n) is 2.35. The molecule has 0 bridgehead atoms. The smallest absolute Gasteiger partial charge is 0.322 e. The first-order chi connectivity index (χ1) is 13.3. The average molecular weight is 440 g/mol. The van der Waals surface area contributed by atoms with E-state index in [-0.39, 0.29) is 35.4 Å². The maximum absolute atomic E-state index is 12.2. The van der Waals surface area contributed by atoms with E-state index in [1.807, 2.05) is 0 Å². The molecule has 3 rings (SSSR count). The van der Waals surface area contributed by atoms with Gasteiger partial charge in [0.15, 0.2) is 9.84 Å². The predicted molar refractivity (Wildman–Crippen MR) is 106 cm³/mol. The monoisotopic (exact) mass is 439 g/mol. The molecule has 0 aliphatic heterocycles. The van der Waals surface area contributed by atoms with Gasteiger partial charge in [0.2, 0.25) is 11.8 Å². The van der Waals surface area contributed by atoms with E-state index in [1.54, 1.807) is 24.3 Å². The third kappa shape index (κ3) is 5.31. The molecule has 146 valence electrons. The number of hydrogen-bond acceptors (Lipinski definition) is 6. The number of sulfone groups is 1. The number of aromatic nitrogens is 2. The van der Waals surface area contributed by atoms with Crippen LogP contribution >= 0.6 is 23.2 Å². The molecule has 2 aromatic carbocycles. The molecule has 10 heteroatoms. The number of carbonyl (C=O) groups is 1. The minimum absolute atomic E-state index is 0.00845. The quantitative estimate of drug-likeness (QED) is 0.590. The SMILES string of the molecule is O=C(CCCS(=O)(=O)c1ccc(Cl)cc1)Nc1nnc(-c2ccc(Cl)cc2)o1. The second-order valence-corrected chi connectivity index (χ2v) is 8.83. The van der Waals surface area contributed by atoms with Crippen LogP contribution in [0.1, 0.15) is 12.8 Å². The van der Waals surface area contributed by atoms with Gasteiger partial charge in [0.25, 0.3) is 0 Å². The van der Waals surface area contributed by atoms with Crippen molar-refractivity contribution in [1.29, 1.82) is 0 Å². The molecule has 0 spiro atoms. The van der Waals surface area contributed by atoms with Crippen LogP contribution in [0.5, 0.6) is 0 Å². The van der Waals surface area contributed by atoms with Crippen LogP contribution in [-0.2, 0) is 14.6 Å². The highest BCUT2D eigenvalue weighted by Gasteiger charge is 2.16. The molecular weight excluding hydrogens is 425 g/mol. The molecule has 1 amide bonds. The zero-order valence-electron chi connectivity index (χ0n) is 14.4. The van der Waals surface area contributed by atoms with Gasteiger partial charge in [-0.05, 0) is 55.0 Å². The molecule has 28 heavy (non-hydrogen) atoms. The second-order valence-electron chi connectivity index (χ2n) is 5.84. The standard InChI is InChI=1S/C18H15Cl2N3O4S/c19-13-5-3-12(4-6-13)17-22-23-18(27-17)21-16(24)2-1-11-28(25,26)15-9-7-14(20)8-10-15/h3-10H,1-2,11H2,(H,21,23,24). The van der Waals surface area contributed by atoms with E-state index in [4.69, 9.17) is 27.6 Å². The van der Waals surface area contributed by atoms with Crippen LogP contribution in [0, 0.1) is 0 Å². The summed E-state index contributed by atoms with van der Waals surface area (Å²) in [5, 5.41) is 11.1. The normalized spacial score (nSPS) is 11.4. The van der Waals surface area contributed by atoms with Crippen molar-refractivity contribution in [3.05, 3.63) is 58.6 Å². The van der Waals surface area contributed by atoms with Crippen LogP contribution in [0.15, 0.2) is 57.8 Å². The zero-order chi connectivity index (χ0) is 20.1. The third-order valence-electron chi connectivity index (χ3n) is 3.75. The van der Waals surface area contributed by atoms with Crippen molar-refractivity contribution in [1.82, 2.24) is 10.2 Å². The summed E-state index contributed by atoms with van der Waals surface area (Å²) in [5.41, 5.74) is 0.659. The van der Waals surface area contributed by atoms with Gasteiger partial charge in [-0.3, -0.25) is 10.1 Å². The van der Waals surface area contributed by atoms with Crippen LogP contribution in [0.4, 0.5) is 6.01 Å². The van der Waals surface area contributed by atoms with Crippen LogP contribution in [-0.4, -0.2) is 30.3 Å². The molecule has 0 aliphatic carbocycles. The molecule has 3 aromatic rings. The zero-order valence-corrected chi connectivity index (χ0v) is 16.8. The number of halogens is 2. The Labute approximate surface area is 171 Å². The maximum Gasteiger partial charge on any atom is 0.322 e. The Morgan fingerprint density at radius 3 is 2.21 bits per heavy atom. The second kappa shape index (κ2) is 8.72. The van der Waals surface area contributed by atoms with Crippen LogP contribution in [0.25, 0.3) is 11.5 Å². The highest BCUT2D eigenvalue weighted by molar-refractivity contribution is 7.91. The number of amides is 1. The van der Waals surface area contributed by atoms with Gasteiger partial charge in [-0.1, -0.05) is 28.3 Å². The Kier molecular flexibility index (Phi) is 6.33. The largest absolute Gasteiger partial charge is 0.403 e. The minimum atomic E-state index is -3.48. The lowest BCUT2D eigenvalue weighted by molar-refractivity contribution is -0.116. The number of nitrogens with one attached hydrogen (secondary N) is 1. The van der Waals surface area contributed by atoms with E-state index in [0.29, 0.717) is 15.6 Å². The van der Waals surface area contributed by atoms with E-state index in [2.05, 4.69) is 15.5 Å². The molecule has 0 aliphatic rings. The first kappa shape index (κ1) is 20.3. The Morgan fingerprint density at radius 2 is 1.57 bits per heavy atom. The van der Waals surface area contributed by atoms with Crippen molar-refractivity contribution < 1.29 is 17.6 Å². The average Bonchev–Trinajstić information content (AvgIpc) is 3.11. The fraction of sp³-hybridized carbons (Fsp3) is 0.167. The summed E-state index contributed by atoms with van der Waals surface area (Å²) in [6, 6.07) is 12.6. The molecule has 0 unspecified atom stereocenters. The van der Waals surface area contributed by atoms with Crippen molar-refractivity contribution in [2.75, 3.05) is 11.1 Å². The Morgan fingerprint density at radius 1 is 0.964 bits per heavy atom. The molecule has 0 saturated heterocycles. The molecule has 1 aromatic heterocycles. The van der Waals surface area contributed by atoms with Gasteiger partial charge in [-0.25, -0.2) is 8.42 Å². The predicted octanol–water partition coefficient (Wildman–Crippen LogP) is 4.24. The maximum atomic E-state index is 12.2. The lowest BCUT2D eigenvalue weighted by atomic mass is 10.2. The lowest BCUT2D eigenvalue weighted by Crippen LogP contribution is -2.14. The first-order valence-corrected chi connectivity index (χ1v) is 10.6. The molecule has 0 fully saturated rings. The molecule has 0 saturated carbocycles. The summed E-state index contributed by atoms with van der Waals surface area (Å²) in [6.07, 6.45) is 0.139. The number of carbonyl (C=O) groups excluding carboxylic acids is 1. The summed E-state index contributed by atoms with van der Waals surface area (Å²) in [6.45, 7) is 0. The summed E-state index contributed by atoms with van der Waals surface area (Å²) in [4.78, 5) is 12.2. The molecule has 1 heterocycles. The van der Waals surface area contributed by atoms with E-state index >= 15 is 0 Å². The summed E-state index contributed by atoms with van der Waals surface area (Å²) in [7, 11) is -3.48. The highest BCUT2D eigenvalue weighted by Crippen LogP contribution is 2.22. The topological polar surface area (TPSA) is 102 Å². The van der Waals surface area contributed by atoms with Crippen molar-refractivity contribution in [3.63, 3.8) is 0 Å². The van der Waals surface area contributed by atoms with Gasteiger partial charge in [0.1, 0.15) is 0 Å².